The maximum Gasteiger partial charge on any atom is 0.573 e. The molecular formula is C19H19F3N2O5S. The normalized spacial score (nSPS) is 19.4. The van der Waals surface area contributed by atoms with E-state index in [0.29, 0.717) is 5.56 Å². The van der Waals surface area contributed by atoms with Crippen LogP contribution < -0.4 is 15.0 Å². The van der Waals surface area contributed by atoms with Crippen LogP contribution >= 0.6 is 0 Å². The predicted octanol–water partition coefficient (Wildman–Crippen LogP) is 3.51. The van der Waals surface area contributed by atoms with Crippen molar-refractivity contribution in [3.05, 3.63) is 66.1 Å². The maximum absolute atomic E-state index is 12.3. The third-order valence-electron chi connectivity index (χ3n) is 4.24. The van der Waals surface area contributed by atoms with Gasteiger partial charge in [-0.2, -0.15) is 0 Å². The fourth-order valence-corrected chi connectivity index (χ4v) is 3.62. The molecule has 1 heterocycles. The van der Waals surface area contributed by atoms with Crippen molar-refractivity contribution in [1.29, 1.82) is 0 Å². The molecule has 1 aliphatic rings. The summed E-state index contributed by atoms with van der Waals surface area (Å²) in [4.78, 5) is 5.59. The molecule has 7 nitrogen and oxygen atoms in total. The highest BCUT2D eigenvalue weighted by Gasteiger charge is 2.34. The molecule has 0 bridgehead atoms. The number of hydrogen-bond donors (Lipinski definition) is 1. The van der Waals surface area contributed by atoms with Crippen LogP contribution in [0.15, 0.2) is 65.4 Å². The SMILES string of the molecule is CN(C)S(=O)(=O)c1cccc(OC2=CC(C)(c3ccc(OC(F)(F)F)cc3)ON2)c1. The first-order valence-corrected chi connectivity index (χ1v) is 10.1. The van der Waals surface area contributed by atoms with Gasteiger partial charge in [0.2, 0.25) is 15.9 Å². The standard InChI is InChI=1S/C19H19F3N2O5S/c1-18(13-7-9-14(10-8-13)28-19(20,21)22)12-17(23-29-18)27-15-5-4-6-16(11-15)30(25,26)24(2)3/h4-12,23H,1-3H3. The summed E-state index contributed by atoms with van der Waals surface area (Å²) in [6, 6.07) is 11.2. The minimum absolute atomic E-state index is 0.0625. The number of hydroxylamine groups is 1. The molecule has 1 atom stereocenters. The second kappa shape index (κ2) is 7.82. The van der Waals surface area contributed by atoms with E-state index in [1.807, 2.05) is 0 Å². The zero-order chi connectivity index (χ0) is 22.2. The van der Waals surface area contributed by atoms with Crippen molar-refractivity contribution in [3.63, 3.8) is 0 Å². The van der Waals surface area contributed by atoms with Crippen molar-refractivity contribution < 1.29 is 35.9 Å². The lowest BCUT2D eigenvalue weighted by atomic mass is 9.96. The van der Waals surface area contributed by atoms with Gasteiger partial charge >= 0.3 is 6.36 Å². The van der Waals surface area contributed by atoms with Crippen LogP contribution in [0.4, 0.5) is 13.2 Å². The molecule has 0 spiro atoms. The Morgan fingerprint density at radius 1 is 1.07 bits per heavy atom. The highest BCUT2D eigenvalue weighted by atomic mass is 32.2. The van der Waals surface area contributed by atoms with Crippen LogP contribution in [-0.2, 0) is 20.5 Å². The van der Waals surface area contributed by atoms with Crippen molar-refractivity contribution in [1.82, 2.24) is 9.79 Å². The number of nitrogens with one attached hydrogen (secondary N) is 1. The number of nitrogens with zero attached hydrogens (tertiary/aromatic N) is 1. The van der Waals surface area contributed by atoms with Crippen molar-refractivity contribution in [2.24, 2.45) is 0 Å². The minimum Gasteiger partial charge on any atom is -0.439 e. The van der Waals surface area contributed by atoms with Gasteiger partial charge < -0.3 is 9.47 Å². The number of rotatable bonds is 6. The van der Waals surface area contributed by atoms with Crippen molar-refractivity contribution in [3.8, 4) is 11.5 Å². The van der Waals surface area contributed by atoms with Crippen LogP contribution in [0.3, 0.4) is 0 Å². The molecule has 162 valence electrons. The average molecular weight is 444 g/mol. The predicted molar refractivity (Wildman–Crippen MR) is 101 cm³/mol. The Kier molecular flexibility index (Phi) is 5.72. The fraction of sp³-hybridized carbons (Fsp3) is 0.263. The number of hydrogen-bond acceptors (Lipinski definition) is 6. The molecule has 0 saturated heterocycles. The molecule has 0 aliphatic carbocycles. The van der Waals surface area contributed by atoms with Gasteiger partial charge in [0.1, 0.15) is 17.1 Å². The quantitative estimate of drug-likeness (QED) is 0.735. The van der Waals surface area contributed by atoms with Gasteiger partial charge in [0, 0.05) is 26.2 Å². The third kappa shape index (κ3) is 4.86. The average Bonchev–Trinajstić information content (AvgIpc) is 3.03. The van der Waals surface area contributed by atoms with Crippen LogP contribution in [0, 0.1) is 0 Å². The first kappa shape index (κ1) is 21.9. The molecule has 30 heavy (non-hydrogen) atoms. The first-order chi connectivity index (χ1) is 13.9. The second-order valence-corrected chi connectivity index (χ2v) is 8.91. The first-order valence-electron chi connectivity index (χ1n) is 8.63. The summed E-state index contributed by atoms with van der Waals surface area (Å²) < 4.78 is 72.0. The molecule has 0 aromatic heterocycles. The van der Waals surface area contributed by atoms with E-state index in [0.717, 1.165) is 4.31 Å². The highest BCUT2D eigenvalue weighted by molar-refractivity contribution is 7.89. The summed E-state index contributed by atoms with van der Waals surface area (Å²) in [5.74, 6) is 0.117. The maximum atomic E-state index is 12.3. The monoisotopic (exact) mass is 444 g/mol. The van der Waals surface area contributed by atoms with Gasteiger partial charge in [-0.25, -0.2) is 18.2 Å². The Balaban J connectivity index is 1.77. The molecular weight excluding hydrogens is 425 g/mol. The van der Waals surface area contributed by atoms with E-state index in [1.165, 1.54) is 50.5 Å². The third-order valence-corrected chi connectivity index (χ3v) is 6.05. The molecule has 0 radical (unpaired) electrons. The number of halogens is 3. The molecule has 1 unspecified atom stereocenters. The van der Waals surface area contributed by atoms with E-state index in [2.05, 4.69) is 10.2 Å². The summed E-state index contributed by atoms with van der Waals surface area (Å²) >= 11 is 0. The molecule has 0 amide bonds. The van der Waals surface area contributed by atoms with E-state index >= 15 is 0 Å². The van der Waals surface area contributed by atoms with E-state index in [-0.39, 0.29) is 22.3 Å². The number of sulfonamides is 1. The van der Waals surface area contributed by atoms with Gasteiger partial charge in [-0.1, -0.05) is 18.2 Å². The van der Waals surface area contributed by atoms with Gasteiger partial charge in [-0.15, -0.1) is 13.2 Å². The molecule has 0 saturated carbocycles. The fourth-order valence-electron chi connectivity index (χ4n) is 2.68. The lowest BCUT2D eigenvalue weighted by Crippen LogP contribution is -2.23. The zero-order valence-corrected chi connectivity index (χ0v) is 17.0. The smallest absolute Gasteiger partial charge is 0.439 e. The van der Waals surface area contributed by atoms with Crippen molar-refractivity contribution in [2.75, 3.05) is 14.1 Å². The van der Waals surface area contributed by atoms with E-state index in [4.69, 9.17) is 9.57 Å². The molecule has 1 N–H and O–H groups in total. The van der Waals surface area contributed by atoms with Gasteiger partial charge in [0.05, 0.1) is 4.90 Å². The van der Waals surface area contributed by atoms with Gasteiger partial charge in [-0.3, -0.25) is 4.84 Å². The topological polar surface area (TPSA) is 77.1 Å². The van der Waals surface area contributed by atoms with Crippen LogP contribution in [-0.4, -0.2) is 33.2 Å². The molecule has 0 fully saturated rings. The summed E-state index contributed by atoms with van der Waals surface area (Å²) in [7, 11) is -0.776. The zero-order valence-electron chi connectivity index (χ0n) is 16.2. The van der Waals surface area contributed by atoms with E-state index < -0.39 is 22.0 Å². The Bertz CT molecular complexity index is 1050. The Morgan fingerprint density at radius 3 is 2.33 bits per heavy atom. The number of benzene rings is 2. The Labute approximate surface area is 171 Å². The second-order valence-electron chi connectivity index (χ2n) is 6.76. The molecule has 2 aromatic carbocycles. The van der Waals surface area contributed by atoms with Crippen molar-refractivity contribution >= 4 is 10.0 Å². The van der Waals surface area contributed by atoms with Gasteiger partial charge in [0.15, 0.2) is 0 Å². The van der Waals surface area contributed by atoms with Gasteiger partial charge in [0.25, 0.3) is 0 Å². The lowest BCUT2D eigenvalue weighted by molar-refractivity contribution is -0.274. The van der Waals surface area contributed by atoms with E-state index in [9.17, 15) is 21.6 Å². The summed E-state index contributed by atoms with van der Waals surface area (Å²) in [6.07, 6.45) is -3.19. The van der Waals surface area contributed by atoms with Crippen molar-refractivity contribution in [2.45, 2.75) is 23.8 Å². The summed E-state index contributed by atoms with van der Waals surface area (Å²) in [6.45, 7) is 1.68. The van der Waals surface area contributed by atoms with Crippen LogP contribution in [0.5, 0.6) is 11.5 Å². The number of ether oxygens (including phenoxy) is 2. The van der Waals surface area contributed by atoms with Crippen LogP contribution in [0.2, 0.25) is 0 Å². The lowest BCUT2D eigenvalue weighted by Gasteiger charge is -2.20. The highest BCUT2D eigenvalue weighted by Crippen LogP contribution is 2.34. The minimum atomic E-state index is -4.77. The Hall–Kier alpha value is -2.76. The van der Waals surface area contributed by atoms with E-state index in [1.54, 1.807) is 25.1 Å². The molecule has 2 aromatic rings. The molecule has 11 heteroatoms. The summed E-state index contributed by atoms with van der Waals surface area (Å²) in [5.41, 5.74) is 2.12. The summed E-state index contributed by atoms with van der Waals surface area (Å²) in [5, 5.41) is 0. The van der Waals surface area contributed by atoms with Crippen LogP contribution in [0.25, 0.3) is 0 Å². The number of alkyl halides is 3. The van der Waals surface area contributed by atoms with Crippen LogP contribution in [0.1, 0.15) is 12.5 Å². The largest absolute Gasteiger partial charge is 0.573 e. The molecule has 3 rings (SSSR count). The van der Waals surface area contributed by atoms with Gasteiger partial charge in [-0.05, 0) is 36.8 Å². The Morgan fingerprint density at radius 2 is 1.73 bits per heavy atom. The molecule has 1 aliphatic heterocycles.